The second-order valence-electron chi connectivity index (χ2n) is 4.90. The molecule has 2 atom stereocenters. The summed E-state index contributed by atoms with van der Waals surface area (Å²) in [4.78, 5) is 2.14. The highest BCUT2D eigenvalue weighted by molar-refractivity contribution is 9.10. The van der Waals surface area contributed by atoms with Gasteiger partial charge in [-0.05, 0) is 34.6 Å². The van der Waals surface area contributed by atoms with Crippen molar-refractivity contribution in [3.05, 3.63) is 33.8 Å². The van der Waals surface area contributed by atoms with Crippen molar-refractivity contribution in [3.63, 3.8) is 0 Å². The van der Waals surface area contributed by atoms with Gasteiger partial charge in [0.15, 0.2) is 0 Å². The van der Waals surface area contributed by atoms with Gasteiger partial charge in [-0.2, -0.15) is 0 Å². The van der Waals surface area contributed by atoms with Crippen molar-refractivity contribution in [1.82, 2.24) is 4.90 Å². The Morgan fingerprint density at radius 3 is 2.95 bits per heavy atom. The Morgan fingerprint density at radius 1 is 1.50 bits per heavy atom. The number of ether oxygens (including phenoxy) is 1. The number of morpholine rings is 1. The molecule has 2 unspecified atom stereocenters. The number of hydrogen-bond acceptors (Lipinski definition) is 3. The number of hydrogen-bond donors (Lipinski definition) is 1. The highest BCUT2D eigenvalue weighted by atomic mass is 79.9. The third kappa shape index (κ3) is 3.55. The number of likely N-dealkylation sites (N-methyl/N-ethyl adjacent to an activating group) is 1. The van der Waals surface area contributed by atoms with Crippen molar-refractivity contribution in [2.75, 3.05) is 26.2 Å². The third-order valence-corrected chi connectivity index (χ3v) is 4.22. The van der Waals surface area contributed by atoms with E-state index in [0.29, 0.717) is 13.2 Å². The van der Waals surface area contributed by atoms with Gasteiger partial charge in [-0.15, -0.1) is 0 Å². The Kier molecular flexibility index (Phi) is 5.49. The second kappa shape index (κ2) is 6.93. The maximum absolute atomic E-state index is 13.9. The van der Waals surface area contributed by atoms with E-state index in [1.807, 2.05) is 6.92 Å². The molecule has 1 saturated heterocycles. The molecule has 20 heavy (non-hydrogen) atoms. The molecular weight excluding hydrogens is 332 g/mol. The van der Waals surface area contributed by atoms with Crippen LogP contribution >= 0.6 is 15.9 Å². The Labute approximate surface area is 125 Å². The predicted octanol–water partition coefficient (Wildman–Crippen LogP) is 2.35. The van der Waals surface area contributed by atoms with Crippen molar-refractivity contribution in [2.45, 2.75) is 25.6 Å². The van der Waals surface area contributed by atoms with E-state index in [1.54, 1.807) is 0 Å². The highest BCUT2D eigenvalue weighted by Gasteiger charge is 2.28. The first-order valence-electron chi connectivity index (χ1n) is 6.67. The van der Waals surface area contributed by atoms with Gasteiger partial charge in [-0.25, -0.2) is 8.78 Å². The van der Waals surface area contributed by atoms with Crippen LogP contribution < -0.4 is 0 Å². The fraction of sp³-hybridized carbons (Fsp3) is 0.571. The molecule has 112 valence electrons. The topological polar surface area (TPSA) is 32.7 Å². The summed E-state index contributed by atoms with van der Waals surface area (Å²) in [6, 6.07) is 2.51. The first kappa shape index (κ1) is 15.8. The summed E-state index contributed by atoms with van der Waals surface area (Å²) < 4.78 is 33.3. The smallest absolute Gasteiger partial charge is 0.143 e. The monoisotopic (exact) mass is 349 g/mol. The minimum absolute atomic E-state index is 0.0979. The van der Waals surface area contributed by atoms with Crippen LogP contribution in [0.1, 0.15) is 12.5 Å². The fourth-order valence-corrected chi connectivity index (χ4v) is 2.72. The average molecular weight is 350 g/mol. The van der Waals surface area contributed by atoms with Gasteiger partial charge >= 0.3 is 0 Å². The lowest BCUT2D eigenvalue weighted by molar-refractivity contribution is -0.0871. The third-order valence-electron chi connectivity index (χ3n) is 3.61. The number of aliphatic hydroxyl groups excluding tert-OH is 1. The molecule has 0 aromatic heterocycles. The Balaban J connectivity index is 2.08. The largest absolute Gasteiger partial charge is 0.390 e. The average Bonchev–Trinajstić information content (AvgIpc) is 2.47. The molecule has 0 saturated carbocycles. The first-order chi connectivity index (χ1) is 9.52. The van der Waals surface area contributed by atoms with Crippen molar-refractivity contribution in [1.29, 1.82) is 0 Å². The van der Waals surface area contributed by atoms with Gasteiger partial charge in [0.1, 0.15) is 11.6 Å². The zero-order valence-corrected chi connectivity index (χ0v) is 12.9. The van der Waals surface area contributed by atoms with Crippen LogP contribution in [-0.4, -0.2) is 48.5 Å². The normalized spacial score (nSPS) is 21.9. The van der Waals surface area contributed by atoms with Crippen molar-refractivity contribution < 1.29 is 18.6 Å². The molecule has 1 aliphatic rings. The molecule has 1 aromatic carbocycles. The maximum atomic E-state index is 13.9. The van der Waals surface area contributed by atoms with Crippen LogP contribution in [0, 0.1) is 11.6 Å². The lowest BCUT2D eigenvalue weighted by Gasteiger charge is -2.34. The van der Waals surface area contributed by atoms with Crippen molar-refractivity contribution >= 4 is 15.9 Å². The van der Waals surface area contributed by atoms with Crippen LogP contribution in [0.15, 0.2) is 16.6 Å². The SMILES string of the molecule is CCN1CCOC(C(O)Cc2c(F)ccc(Br)c2F)C1. The van der Waals surface area contributed by atoms with Gasteiger partial charge < -0.3 is 9.84 Å². The van der Waals surface area contributed by atoms with E-state index < -0.39 is 23.8 Å². The second-order valence-corrected chi connectivity index (χ2v) is 5.75. The number of rotatable bonds is 4. The highest BCUT2D eigenvalue weighted by Crippen LogP contribution is 2.24. The summed E-state index contributed by atoms with van der Waals surface area (Å²) in [6.07, 6.45) is -1.44. The molecule has 6 heteroatoms. The van der Waals surface area contributed by atoms with Crippen molar-refractivity contribution in [2.24, 2.45) is 0 Å². The van der Waals surface area contributed by atoms with Crippen LogP contribution in [-0.2, 0) is 11.2 Å². The van der Waals surface area contributed by atoms with Gasteiger partial charge in [-0.1, -0.05) is 6.92 Å². The lowest BCUT2D eigenvalue weighted by Crippen LogP contribution is -2.48. The number of benzene rings is 1. The molecule has 1 fully saturated rings. The summed E-state index contributed by atoms with van der Waals surface area (Å²) in [5, 5.41) is 10.2. The zero-order valence-electron chi connectivity index (χ0n) is 11.3. The fourth-order valence-electron chi connectivity index (χ4n) is 2.35. The van der Waals surface area contributed by atoms with Gasteiger partial charge in [0.25, 0.3) is 0 Å². The molecular formula is C14H18BrF2NO2. The number of halogens is 3. The summed E-state index contributed by atoms with van der Waals surface area (Å²) in [6.45, 7) is 4.82. The molecule has 1 aliphatic heterocycles. The summed E-state index contributed by atoms with van der Waals surface area (Å²) in [5.74, 6) is -1.31. The summed E-state index contributed by atoms with van der Waals surface area (Å²) in [5.41, 5.74) is -0.107. The standard InChI is InChI=1S/C14H18BrF2NO2/c1-2-18-5-6-20-13(8-18)12(19)7-9-11(16)4-3-10(15)14(9)17/h3-4,12-13,19H,2,5-8H2,1H3. The Bertz CT molecular complexity index is 473. The van der Waals surface area contributed by atoms with E-state index in [-0.39, 0.29) is 16.5 Å². The molecule has 1 N–H and O–H groups in total. The van der Waals surface area contributed by atoms with Gasteiger partial charge in [0.2, 0.25) is 0 Å². The van der Waals surface area contributed by atoms with E-state index in [4.69, 9.17) is 4.74 Å². The molecule has 0 spiro atoms. The molecule has 1 heterocycles. The minimum Gasteiger partial charge on any atom is -0.390 e. The van der Waals surface area contributed by atoms with Crippen LogP contribution in [0.25, 0.3) is 0 Å². The first-order valence-corrected chi connectivity index (χ1v) is 7.46. The molecule has 0 radical (unpaired) electrons. The van der Waals surface area contributed by atoms with E-state index in [0.717, 1.165) is 13.1 Å². The van der Waals surface area contributed by atoms with E-state index >= 15 is 0 Å². The maximum Gasteiger partial charge on any atom is 0.143 e. The molecule has 0 aliphatic carbocycles. The Morgan fingerprint density at radius 2 is 2.25 bits per heavy atom. The van der Waals surface area contributed by atoms with Crippen LogP contribution in [0.5, 0.6) is 0 Å². The summed E-state index contributed by atoms with van der Waals surface area (Å²) in [7, 11) is 0. The summed E-state index contributed by atoms with van der Waals surface area (Å²) >= 11 is 3.02. The van der Waals surface area contributed by atoms with Gasteiger partial charge in [-0.3, -0.25) is 4.90 Å². The predicted molar refractivity (Wildman–Crippen MR) is 75.6 cm³/mol. The molecule has 1 aromatic rings. The number of aliphatic hydroxyl groups is 1. The van der Waals surface area contributed by atoms with E-state index in [9.17, 15) is 13.9 Å². The van der Waals surface area contributed by atoms with Gasteiger partial charge in [0, 0.05) is 25.1 Å². The quantitative estimate of drug-likeness (QED) is 0.847. The van der Waals surface area contributed by atoms with Crippen LogP contribution in [0.3, 0.4) is 0 Å². The van der Waals surface area contributed by atoms with Crippen LogP contribution in [0.2, 0.25) is 0 Å². The molecule has 0 amide bonds. The lowest BCUT2D eigenvalue weighted by atomic mass is 10.0. The minimum atomic E-state index is -0.928. The molecule has 0 bridgehead atoms. The van der Waals surface area contributed by atoms with Gasteiger partial charge in [0.05, 0.1) is 23.3 Å². The number of nitrogens with zero attached hydrogens (tertiary/aromatic N) is 1. The Hall–Kier alpha value is -0.560. The van der Waals surface area contributed by atoms with Crippen molar-refractivity contribution in [3.8, 4) is 0 Å². The molecule has 3 nitrogen and oxygen atoms in total. The molecule has 2 rings (SSSR count). The van der Waals surface area contributed by atoms with E-state index in [1.165, 1.54) is 12.1 Å². The van der Waals surface area contributed by atoms with Crippen LogP contribution in [0.4, 0.5) is 8.78 Å². The zero-order chi connectivity index (χ0) is 14.7. The van der Waals surface area contributed by atoms with E-state index in [2.05, 4.69) is 20.8 Å².